The molecule has 2 N–H and O–H groups in total. The summed E-state index contributed by atoms with van der Waals surface area (Å²) in [5.41, 5.74) is 7.01. The highest BCUT2D eigenvalue weighted by atomic mass is 16.3. The van der Waals surface area contributed by atoms with Gasteiger partial charge in [-0.1, -0.05) is 13.0 Å². The van der Waals surface area contributed by atoms with Gasteiger partial charge >= 0.3 is 0 Å². The van der Waals surface area contributed by atoms with Gasteiger partial charge in [0.25, 0.3) is 0 Å². The quantitative estimate of drug-likeness (QED) is 0.886. The minimum absolute atomic E-state index is 0.0924. The Morgan fingerprint density at radius 1 is 1.38 bits per heavy atom. The Morgan fingerprint density at radius 3 is 2.81 bits per heavy atom. The number of furan rings is 1. The van der Waals surface area contributed by atoms with Crippen LogP contribution in [0.4, 0.5) is 0 Å². The first-order valence-electron chi connectivity index (χ1n) is 7.59. The third-order valence-corrected chi connectivity index (χ3v) is 4.34. The highest BCUT2D eigenvalue weighted by molar-refractivity contribution is 5.19. The third-order valence-electron chi connectivity index (χ3n) is 4.34. The molecule has 112 valence electrons. The molecule has 4 nitrogen and oxygen atoms in total. The van der Waals surface area contributed by atoms with Gasteiger partial charge in [0.15, 0.2) is 0 Å². The summed E-state index contributed by atoms with van der Waals surface area (Å²) in [4.78, 5) is 6.57. The van der Waals surface area contributed by atoms with E-state index in [1.165, 1.54) is 6.42 Å². The molecule has 4 heteroatoms. The van der Waals surface area contributed by atoms with Crippen molar-refractivity contribution in [2.45, 2.75) is 31.8 Å². The van der Waals surface area contributed by atoms with Crippen molar-refractivity contribution in [2.75, 3.05) is 13.6 Å². The summed E-state index contributed by atoms with van der Waals surface area (Å²) >= 11 is 0. The Labute approximate surface area is 126 Å². The van der Waals surface area contributed by atoms with E-state index in [0.717, 1.165) is 29.7 Å². The van der Waals surface area contributed by atoms with Crippen LogP contribution in [0.15, 0.2) is 40.9 Å². The molecule has 3 atom stereocenters. The standard InChI is InChI=1S/C17H23N3O/c1-12-9-14(12)16-6-7-17(21-16)15(10-18)20(2)11-13-5-3-4-8-19-13/h3-8,12,14-15H,9-11,18H2,1-2H3. The number of nitrogens with two attached hydrogens (primary N) is 1. The van der Waals surface area contributed by atoms with Crippen molar-refractivity contribution >= 4 is 0 Å². The van der Waals surface area contributed by atoms with Crippen LogP contribution in [0, 0.1) is 5.92 Å². The summed E-state index contributed by atoms with van der Waals surface area (Å²) in [6, 6.07) is 10.2. The van der Waals surface area contributed by atoms with Crippen LogP contribution in [0.3, 0.4) is 0 Å². The zero-order chi connectivity index (χ0) is 14.8. The minimum Gasteiger partial charge on any atom is -0.464 e. The minimum atomic E-state index is 0.0924. The number of pyridine rings is 1. The van der Waals surface area contributed by atoms with E-state index in [0.29, 0.717) is 12.5 Å². The second-order valence-electron chi connectivity index (χ2n) is 6.05. The van der Waals surface area contributed by atoms with Crippen LogP contribution in [0.25, 0.3) is 0 Å². The van der Waals surface area contributed by atoms with E-state index >= 15 is 0 Å². The predicted octanol–water partition coefficient (Wildman–Crippen LogP) is 2.93. The number of nitrogens with zero attached hydrogens (tertiary/aromatic N) is 2. The van der Waals surface area contributed by atoms with Gasteiger partial charge in [-0.25, -0.2) is 0 Å². The molecule has 0 aromatic carbocycles. The molecular formula is C17H23N3O. The number of hydrogen-bond acceptors (Lipinski definition) is 4. The van der Waals surface area contributed by atoms with E-state index in [1.54, 1.807) is 0 Å². The van der Waals surface area contributed by atoms with Crippen LogP contribution in [0.5, 0.6) is 0 Å². The van der Waals surface area contributed by atoms with Crippen molar-refractivity contribution in [2.24, 2.45) is 11.7 Å². The van der Waals surface area contributed by atoms with Crippen molar-refractivity contribution in [3.05, 3.63) is 53.7 Å². The van der Waals surface area contributed by atoms with Crippen molar-refractivity contribution in [3.63, 3.8) is 0 Å². The van der Waals surface area contributed by atoms with Crippen LogP contribution < -0.4 is 5.73 Å². The molecule has 3 rings (SSSR count). The maximum Gasteiger partial charge on any atom is 0.122 e. The van der Waals surface area contributed by atoms with Gasteiger partial charge in [-0.05, 0) is 43.7 Å². The Bertz CT molecular complexity index is 581. The van der Waals surface area contributed by atoms with Gasteiger partial charge in [0.1, 0.15) is 11.5 Å². The lowest BCUT2D eigenvalue weighted by atomic mass is 10.2. The van der Waals surface area contributed by atoms with E-state index < -0.39 is 0 Å². The zero-order valence-corrected chi connectivity index (χ0v) is 12.7. The largest absolute Gasteiger partial charge is 0.464 e. The number of aromatic nitrogens is 1. The molecule has 2 aromatic rings. The van der Waals surface area contributed by atoms with E-state index in [1.807, 2.05) is 24.4 Å². The summed E-state index contributed by atoms with van der Waals surface area (Å²) in [5, 5.41) is 0. The molecule has 1 aliphatic rings. The first kappa shape index (κ1) is 14.3. The Balaban J connectivity index is 1.70. The molecule has 1 fully saturated rings. The average Bonchev–Trinajstić information content (AvgIpc) is 3.02. The normalized spacial score (nSPS) is 22.5. The second-order valence-corrected chi connectivity index (χ2v) is 6.05. The molecular weight excluding hydrogens is 262 g/mol. The molecule has 1 saturated carbocycles. The molecule has 0 amide bonds. The van der Waals surface area contributed by atoms with E-state index in [9.17, 15) is 0 Å². The summed E-state index contributed by atoms with van der Waals surface area (Å²) in [6.07, 6.45) is 3.06. The molecule has 0 spiro atoms. The average molecular weight is 285 g/mol. The van der Waals surface area contributed by atoms with Crippen LogP contribution in [0.2, 0.25) is 0 Å². The lowest BCUT2D eigenvalue weighted by Crippen LogP contribution is -2.30. The van der Waals surface area contributed by atoms with Crippen LogP contribution in [0.1, 0.15) is 42.5 Å². The number of hydrogen-bond donors (Lipinski definition) is 1. The van der Waals surface area contributed by atoms with Gasteiger partial charge in [-0.3, -0.25) is 9.88 Å². The van der Waals surface area contributed by atoms with Gasteiger partial charge < -0.3 is 10.2 Å². The van der Waals surface area contributed by atoms with Gasteiger partial charge in [0.05, 0.1) is 11.7 Å². The lowest BCUT2D eigenvalue weighted by molar-refractivity contribution is 0.208. The Morgan fingerprint density at radius 2 is 2.19 bits per heavy atom. The van der Waals surface area contributed by atoms with Gasteiger partial charge in [-0.2, -0.15) is 0 Å². The van der Waals surface area contributed by atoms with Crippen LogP contribution in [-0.4, -0.2) is 23.5 Å². The van der Waals surface area contributed by atoms with Gasteiger partial charge in [0, 0.05) is 25.2 Å². The van der Waals surface area contributed by atoms with Crippen molar-refractivity contribution in [3.8, 4) is 0 Å². The van der Waals surface area contributed by atoms with Crippen LogP contribution >= 0.6 is 0 Å². The molecule has 3 unspecified atom stereocenters. The predicted molar refractivity (Wildman–Crippen MR) is 82.7 cm³/mol. The van der Waals surface area contributed by atoms with E-state index in [2.05, 4.69) is 36.0 Å². The maximum atomic E-state index is 6.05. The molecule has 0 bridgehead atoms. The maximum absolute atomic E-state index is 6.05. The lowest BCUT2D eigenvalue weighted by Gasteiger charge is -2.24. The fourth-order valence-corrected chi connectivity index (χ4v) is 2.84. The fourth-order valence-electron chi connectivity index (χ4n) is 2.84. The second kappa shape index (κ2) is 6.00. The molecule has 21 heavy (non-hydrogen) atoms. The molecule has 0 saturated heterocycles. The zero-order valence-electron chi connectivity index (χ0n) is 12.7. The molecule has 1 aliphatic carbocycles. The Hall–Kier alpha value is -1.65. The molecule has 0 aliphatic heterocycles. The SMILES string of the molecule is CC1CC1c1ccc(C(CN)N(C)Cc2ccccn2)o1. The van der Waals surface area contributed by atoms with Crippen molar-refractivity contribution < 1.29 is 4.42 Å². The van der Waals surface area contributed by atoms with Crippen LogP contribution in [-0.2, 0) is 6.54 Å². The molecule has 0 radical (unpaired) electrons. The first-order valence-corrected chi connectivity index (χ1v) is 7.59. The molecule has 2 aromatic heterocycles. The smallest absolute Gasteiger partial charge is 0.122 e. The highest BCUT2D eigenvalue weighted by Crippen LogP contribution is 2.47. The third kappa shape index (κ3) is 3.17. The van der Waals surface area contributed by atoms with Crippen molar-refractivity contribution in [1.82, 2.24) is 9.88 Å². The monoisotopic (exact) mass is 285 g/mol. The number of rotatable bonds is 6. The van der Waals surface area contributed by atoms with Crippen molar-refractivity contribution in [1.29, 1.82) is 0 Å². The van der Waals surface area contributed by atoms with Gasteiger partial charge in [-0.15, -0.1) is 0 Å². The van der Waals surface area contributed by atoms with E-state index in [-0.39, 0.29) is 6.04 Å². The molecule has 2 heterocycles. The topological polar surface area (TPSA) is 55.3 Å². The summed E-state index contributed by atoms with van der Waals surface area (Å²) in [7, 11) is 2.06. The van der Waals surface area contributed by atoms with Gasteiger partial charge in [0.2, 0.25) is 0 Å². The Kier molecular flexibility index (Phi) is 4.08. The summed E-state index contributed by atoms with van der Waals surface area (Å²) in [6.45, 7) is 3.57. The van der Waals surface area contributed by atoms with E-state index in [4.69, 9.17) is 10.2 Å². The summed E-state index contributed by atoms with van der Waals surface area (Å²) < 4.78 is 6.05. The number of likely N-dealkylation sites (N-methyl/N-ethyl adjacent to an activating group) is 1. The fraction of sp³-hybridized carbons (Fsp3) is 0.471. The highest BCUT2D eigenvalue weighted by Gasteiger charge is 2.37. The first-order chi connectivity index (χ1) is 10.2. The summed E-state index contributed by atoms with van der Waals surface area (Å²) in [5.74, 6) is 3.44.